The lowest BCUT2D eigenvalue weighted by Crippen LogP contribution is -2.51. The number of alkyl carbamates (subject to hydrolysis) is 2. The lowest BCUT2D eigenvalue weighted by Gasteiger charge is -2.31. The van der Waals surface area contributed by atoms with Crippen molar-refractivity contribution in [2.24, 2.45) is 11.8 Å². The quantitative estimate of drug-likeness (QED) is 0.265. The van der Waals surface area contributed by atoms with Gasteiger partial charge in [-0.25, -0.2) is 19.4 Å². The van der Waals surface area contributed by atoms with Crippen LogP contribution in [0, 0.1) is 11.8 Å². The second-order valence-corrected chi connectivity index (χ2v) is 11.5. The van der Waals surface area contributed by atoms with E-state index in [2.05, 4.69) is 10.6 Å². The van der Waals surface area contributed by atoms with Crippen LogP contribution in [0.25, 0.3) is 0 Å². The van der Waals surface area contributed by atoms with Crippen LogP contribution in [0.15, 0.2) is 60.7 Å². The van der Waals surface area contributed by atoms with Crippen LogP contribution in [0.3, 0.4) is 0 Å². The fraction of sp³-hybridized carbons (Fsp3) is 0.529. The molecule has 45 heavy (non-hydrogen) atoms. The molecule has 2 atom stereocenters. The number of hydrogen-bond donors (Lipinski definition) is 3. The number of carboxylic acids is 1. The minimum Gasteiger partial charge on any atom is -0.480 e. The van der Waals surface area contributed by atoms with Crippen molar-refractivity contribution in [3.8, 4) is 0 Å². The molecule has 0 radical (unpaired) electrons. The number of benzene rings is 2. The Morgan fingerprint density at radius 1 is 0.711 bits per heavy atom. The van der Waals surface area contributed by atoms with Crippen molar-refractivity contribution in [1.82, 2.24) is 15.7 Å². The second-order valence-electron chi connectivity index (χ2n) is 11.5. The summed E-state index contributed by atoms with van der Waals surface area (Å²) in [6.07, 6.45) is 8.80. The van der Waals surface area contributed by atoms with E-state index in [1.54, 1.807) is 7.05 Å². The van der Waals surface area contributed by atoms with Gasteiger partial charge in [-0.05, 0) is 48.6 Å². The van der Waals surface area contributed by atoms with E-state index in [0.717, 1.165) is 74.0 Å². The summed E-state index contributed by atoms with van der Waals surface area (Å²) in [5.41, 5.74) is 1.78. The second kappa shape index (κ2) is 19.3. The smallest absolute Gasteiger partial charge is 0.408 e. The van der Waals surface area contributed by atoms with Gasteiger partial charge in [-0.2, -0.15) is 0 Å². The van der Waals surface area contributed by atoms with Crippen LogP contribution in [0.4, 0.5) is 9.59 Å². The first-order valence-electron chi connectivity index (χ1n) is 15.8. The number of hydroxylamine groups is 2. The molecule has 2 aromatic carbocycles. The molecule has 2 fully saturated rings. The van der Waals surface area contributed by atoms with E-state index in [-0.39, 0.29) is 31.0 Å². The topological polar surface area (TPSA) is 143 Å². The third-order valence-electron chi connectivity index (χ3n) is 8.33. The van der Waals surface area contributed by atoms with Gasteiger partial charge in [0.2, 0.25) is 0 Å². The van der Waals surface area contributed by atoms with Gasteiger partial charge in [0, 0.05) is 7.05 Å². The predicted molar refractivity (Wildman–Crippen MR) is 168 cm³/mol. The molecule has 3 amide bonds. The molecule has 0 unspecified atom stereocenters. The van der Waals surface area contributed by atoms with Crippen LogP contribution in [0.5, 0.6) is 0 Å². The summed E-state index contributed by atoms with van der Waals surface area (Å²) in [5.74, 6) is -1.12. The lowest BCUT2D eigenvalue weighted by molar-refractivity contribution is -0.172. The highest BCUT2D eigenvalue weighted by molar-refractivity contribution is 5.85. The number of nitrogens with one attached hydrogen (secondary N) is 2. The SMILES string of the molecule is CON(C)C(=O)[C@H](NC(=O)OCc1ccccc1)C1CCCCC1.O=C(N[C@@H](C(=O)O)C1CCCCC1)OCc1ccccc1. The largest absolute Gasteiger partial charge is 0.480 e. The van der Waals surface area contributed by atoms with E-state index < -0.39 is 30.2 Å². The normalized spacial score (nSPS) is 16.6. The van der Waals surface area contributed by atoms with E-state index in [1.807, 2.05) is 60.7 Å². The number of likely N-dealkylation sites (N-methyl/N-ethyl adjacent to an activating group) is 1. The third kappa shape index (κ3) is 12.4. The highest BCUT2D eigenvalue weighted by Crippen LogP contribution is 2.28. The number of carbonyl (C=O) groups is 4. The molecule has 3 N–H and O–H groups in total. The van der Waals surface area contributed by atoms with E-state index in [0.29, 0.717) is 0 Å². The average molecular weight is 626 g/mol. The minimum absolute atomic E-state index is 0.000486. The number of carbonyl (C=O) groups excluding carboxylic acids is 3. The van der Waals surface area contributed by atoms with Gasteiger partial charge in [0.1, 0.15) is 25.3 Å². The Labute approximate surface area is 265 Å². The first-order chi connectivity index (χ1) is 21.8. The highest BCUT2D eigenvalue weighted by atomic mass is 16.7. The van der Waals surface area contributed by atoms with Crippen molar-refractivity contribution in [3.05, 3.63) is 71.8 Å². The molecule has 0 aromatic heterocycles. The first kappa shape index (κ1) is 35.4. The molecule has 0 spiro atoms. The Balaban J connectivity index is 0.000000248. The van der Waals surface area contributed by atoms with Crippen LogP contribution in [-0.2, 0) is 37.1 Å². The van der Waals surface area contributed by atoms with Gasteiger partial charge in [-0.1, -0.05) is 99.2 Å². The fourth-order valence-corrected chi connectivity index (χ4v) is 5.77. The predicted octanol–water partition coefficient (Wildman–Crippen LogP) is 5.83. The zero-order valence-corrected chi connectivity index (χ0v) is 26.3. The van der Waals surface area contributed by atoms with Crippen LogP contribution >= 0.6 is 0 Å². The van der Waals surface area contributed by atoms with E-state index in [1.165, 1.54) is 13.5 Å². The van der Waals surface area contributed by atoms with E-state index in [4.69, 9.17) is 14.3 Å². The van der Waals surface area contributed by atoms with Crippen LogP contribution in [0.2, 0.25) is 0 Å². The number of hydrogen-bond acceptors (Lipinski definition) is 7. The van der Waals surface area contributed by atoms with Crippen molar-refractivity contribution in [2.45, 2.75) is 89.5 Å². The van der Waals surface area contributed by atoms with Crippen molar-refractivity contribution in [2.75, 3.05) is 14.2 Å². The van der Waals surface area contributed by atoms with Gasteiger partial charge in [-0.15, -0.1) is 0 Å². The maximum absolute atomic E-state index is 12.5. The van der Waals surface area contributed by atoms with Gasteiger partial charge in [0.15, 0.2) is 0 Å². The summed E-state index contributed by atoms with van der Waals surface area (Å²) >= 11 is 0. The Bertz CT molecular complexity index is 1180. The summed E-state index contributed by atoms with van der Waals surface area (Å²) in [4.78, 5) is 52.8. The third-order valence-corrected chi connectivity index (χ3v) is 8.33. The monoisotopic (exact) mass is 625 g/mol. The zero-order chi connectivity index (χ0) is 32.4. The number of amides is 3. The number of ether oxygens (including phenoxy) is 2. The average Bonchev–Trinajstić information content (AvgIpc) is 3.09. The highest BCUT2D eigenvalue weighted by Gasteiger charge is 2.34. The number of rotatable bonds is 11. The standard InChI is InChI=1S/C18H26N2O4.C16H21NO4/c1-20(23-2)17(21)16(15-11-7-4-8-12-15)19-18(22)24-13-14-9-5-3-6-10-14;18-15(19)14(13-9-5-2-6-10-13)17-16(20)21-11-12-7-3-1-4-8-12/h3,5-6,9-10,15-16H,4,7-8,11-13H2,1-2H3,(H,19,22);1,3-4,7-8,13-14H,2,5-6,9-11H2,(H,17,20)(H,18,19)/t16-;14-/m11/s1. The molecule has 0 heterocycles. The molecule has 2 aliphatic rings. The molecular formula is C34H47N3O8. The van der Waals surface area contributed by atoms with Crippen LogP contribution < -0.4 is 10.6 Å². The number of aliphatic carboxylic acids is 1. The molecule has 246 valence electrons. The van der Waals surface area contributed by atoms with Crippen molar-refractivity contribution in [1.29, 1.82) is 0 Å². The molecule has 11 nitrogen and oxygen atoms in total. The summed E-state index contributed by atoms with van der Waals surface area (Å²) in [7, 11) is 2.98. The summed E-state index contributed by atoms with van der Waals surface area (Å²) in [6, 6.07) is 17.3. The zero-order valence-electron chi connectivity index (χ0n) is 26.3. The Kier molecular flexibility index (Phi) is 15.2. The molecule has 2 saturated carbocycles. The van der Waals surface area contributed by atoms with Gasteiger partial charge in [-0.3, -0.25) is 9.63 Å². The maximum atomic E-state index is 12.5. The summed E-state index contributed by atoms with van der Waals surface area (Å²) in [6.45, 7) is 0.321. The Morgan fingerprint density at radius 2 is 1.11 bits per heavy atom. The molecule has 2 aliphatic carbocycles. The van der Waals surface area contributed by atoms with Crippen molar-refractivity contribution >= 4 is 24.1 Å². The molecule has 0 saturated heterocycles. The Morgan fingerprint density at radius 3 is 1.51 bits per heavy atom. The molecule has 0 bridgehead atoms. The minimum atomic E-state index is -0.987. The van der Waals surface area contributed by atoms with Gasteiger partial charge in [0.05, 0.1) is 7.11 Å². The van der Waals surface area contributed by atoms with Crippen molar-refractivity contribution < 1.29 is 38.6 Å². The van der Waals surface area contributed by atoms with Crippen LogP contribution in [-0.4, -0.2) is 60.5 Å². The first-order valence-corrected chi connectivity index (χ1v) is 15.8. The molecule has 2 aromatic rings. The lowest BCUT2D eigenvalue weighted by atomic mass is 9.83. The molecule has 4 rings (SSSR count). The van der Waals surface area contributed by atoms with E-state index >= 15 is 0 Å². The molecule has 11 heteroatoms. The Hall–Kier alpha value is -4.12. The van der Waals surface area contributed by atoms with Crippen LogP contribution in [0.1, 0.15) is 75.3 Å². The van der Waals surface area contributed by atoms with Crippen molar-refractivity contribution in [3.63, 3.8) is 0 Å². The van der Waals surface area contributed by atoms with Gasteiger partial charge in [0.25, 0.3) is 5.91 Å². The molecular weight excluding hydrogens is 578 g/mol. The summed E-state index contributed by atoms with van der Waals surface area (Å²) in [5, 5.41) is 15.7. The maximum Gasteiger partial charge on any atom is 0.408 e. The number of nitrogens with zero attached hydrogens (tertiary/aromatic N) is 1. The van der Waals surface area contributed by atoms with Gasteiger partial charge >= 0.3 is 18.2 Å². The molecule has 0 aliphatic heterocycles. The number of carboxylic acid groups (broad SMARTS) is 1. The van der Waals surface area contributed by atoms with Gasteiger partial charge < -0.3 is 25.2 Å². The summed E-state index contributed by atoms with van der Waals surface area (Å²) < 4.78 is 10.3. The fourth-order valence-electron chi connectivity index (χ4n) is 5.77. The van der Waals surface area contributed by atoms with E-state index in [9.17, 15) is 24.3 Å².